The number of nitrogens with one attached hydrogen (secondary N) is 1. The Kier molecular flexibility index (Phi) is 5.61. The van der Waals surface area contributed by atoms with Crippen LogP contribution in [0.3, 0.4) is 0 Å². The first-order chi connectivity index (χ1) is 8.19. The molecule has 2 unspecified atom stereocenters. The molecule has 17 heavy (non-hydrogen) atoms. The highest BCUT2D eigenvalue weighted by atomic mass is 16.5. The van der Waals surface area contributed by atoms with Gasteiger partial charge in [-0.25, -0.2) is 0 Å². The number of hydrogen-bond acceptors (Lipinski definition) is 2. The summed E-state index contributed by atoms with van der Waals surface area (Å²) in [5.74, 6) is 1.44. The molecule has 0 aromatic heterocycles. The van der Waals surface area contributed by atoms with Crippen molar-refractivity contribution in [1.82, 2.24) is 0 Å². The lowest BCUT2D eigenvalue weighted by Gasteiger charge is -2.22. The van der Waals surface area contributed by atoms with Crippen LogP contribution in [-0.2, 0) is 0 Å². The summed E-state index contributed by atoms with van der Waals surface area (Å²) in [4.78, 5) is 0. The van der Waals surface area contributed by atoms with Crippen LogP contribution in [0.2, 0.25) is 0 Å². The minimum Gasteiger partial charge on any atom is -0.488 e. The van der Waals surface area contributed by atoms with E-state index in [2.05, 4.69) is 38.2 Å². The van der Waals surface area contributed by atoms with Gasteiger partial charge in [0.15, 0.2) is 0 Å². The van der Waals surface area contributed by atoms with Gasteiger partial charge in [-0.05, 0) is 38.3 Å². The fourth-order valence-corrected chi connectivity index (χ4v) is 1.63. The van der Waals surface area contributed by atoms with Crippen LogP contribution in [0, 0.1) is 5.92 Å². The molecule has 0 amide bonds. The standard InChI is InChI=1S/C15H23NO/c1-5-6-9-12(2)13(3)17-15-11-8-7-10-14(15)16-4/h5-8,10-13,16H,9H2,1-4H3/b6-5-. The fraction of sp³-hybridized carbons (Fsp3) is 0.467. The van der Waals surface area contributed by atoms with Crippen LogP contribution in [0.4, 0.5) is 5.69 Å². The molecule has 0 saturated carbocycles. The average Bonchev–Trinajstić information content (AvgIpc) is 2.36. The normalized spacial score (nSPS) is 14.6. The quantitative estimate of drug-likeness (QED) is 0.747. The highest BCUT2D eigenvalue weighted by molar-refractivity contribution is 5.55. The van der Waals surface area contributed by atoms with E-state index in [4.69, 9.17) is 4.74 Å². The number of ether oxygens (including phenoxy) is 1. The Morgan fingerprint density at radius 2 is 2.00 bits per heavy atom. The monoisotopic (exact) mass is 233 g/mol. The van der Waals surface area contributed by atoms with Crippen molar-refractivity contribution in [2.75, 3.05) is 12.4 Å². The van der Waals surface area contributed by atoms with Crippen molar-refractivity contribution in [3.05, 3.63) is 36.4 Å². The number of anilines is 1. The van der Waals surface area contributed by atoms with Crippen molar-refractivity contribution >= 4 is 5.69 Å². The first-order valence-electron chi connectivity index (χ1n) is 6.23. The first kappa shape index (κ1) is 13.6. The Morgan fingerprint density at radius 3 is 2.65 bits per heavy atom. The van der Waals surface area contributed by atoms with E-state index in [9.17, 15) is 0 Å². The molecular formula is C15H23NO. The molecule has 0 saturated heterocycles. The van der Waals surface area contributed by atoms with Crippen molar-refractivity contribution in [3.63, 3.8) is 0 Å². The summed E-state index contributed by atoms with van der Waals surface area (Å²) in [6.45, 7) is 6.39. The van der Waals surface area contributed by atoms with Crippen LogP contribution in [0.5, 0.6) is 5.75 Å². The van der Waals surface area contributed by atoms with E-state index in [1.165, 1.54) is 0 Å². The zero-order valence-electron chi connectivity index (χ0n) is 11.2. The highest BCUT2D eigenvalue weighted by Crippen LogP contribution is 2.26. The molecule has 2 heteroatoms. The third-order valence-corrected chi connectivity index (χ3v) is 3.01. The van der Waals surface area contributed by atoms with Gasteiger partial charge in [0.1, 0.15) is 5.75 Å². The lowest BCUT2D eigenvalue weighted by atomic mass is 10.0. The summed E-state index contributed by atoms with van der Waals surface area (Å²) in [6.07, 6.45) is 5.54. The van der Waals surface area contributed by atoms with E-state index in [1.54, 1.807) is 0 Å². The Bertz CT molecular complexity index is 360. The molecule has 0 radical (unpaired) electrons. The summed E-state index contributed by atoms with van der Waals surface area (Å²) in [5, 5.41) is 3.14. The summed E-state index contributed by atoms with van der Waals surface area (Å²) < 4.78 is 6.00. The maximum absolute atomic E-state index is 6.00. The van der Waals surface area contributed by atoms with Crippen LogP contribution in [0.15, 0.2) is 36.4 Å². The van der Waals surface area contributed by atoms with E-state index in [-0.39, 0.29) is 6.10 Å². The lowest BCUT2D eigenvalue weighted by Crippen LogP contribution is -2.21. The second-order valence-corrected chi connectivity index (χ2v) is 4.35. The number of benzene rings is 1. The SMILES string of the molecule is C/C=C\CC(C)C(C)Oc1ccccc1NC. The molecular weight excluding hydrogens is 210 g/mol. The van der Waals surface area contributed by atoms with Crippen molar-refractivity contribution < 1.29 is 4.74 Å². The second kappa shape index (κ2) is 7.00. The Hall–Kier alpha value is -1.44. The molecule has 0 bridgehead atoms. The summed E-state index contributed by atoms with van der Waals surface area (Å²) in [5.41, 5.74) is 1.04. The number of hydrogen-bond donors (Lipinski definition) is 1. The number of para-hydroxylation sites is 2. The topological polar surface area (TPSA) is 21.3 Å². The van der Waals surface area contributed by atoms with E-state index in [0.29, 0.717) is 5.92 Å². The summed E-state index contributed by atoms with van der Waals surface area (Å²) in [6, 6.07) is 8.04. The molecule has 2 atom stereocenters. The van der Waals surface area contributed by atoms with Gasteiger partial charge >= 0.3 is 0 Å². The fourth-order valence-electron chi connectivity index (χ4n) is 1.63. The van der Waals surface area contributed by atoms with Gasteiger partial charge in [-0.15, -0.1) is 0 Å². The molecule has 1 N–H and O–H groups in total. The average molecular weight is 233 g/mol. The Morgan fingerprint density at radius 1 is 1.29 bits per heavy atom. The molecule has 0 aliphatic rings. The van der Waals surface area contributed by atoms with Crippen LogP contribution in [0.1, 0.15) is 27.2 Å². The number of allylic oxidation sites excluding steroid dienone is 2. The van der Waals surface area contributed by atoms with Crippen LogP contribution < -0.4 is 10.1 Å². The van der Waals surface area contributed by atoms with Gasteiger partial charge in [-0.2, -0.15) is 0 Å². The third kappa shape index (κ3) is 4.14. The molecule has 2 nitrogen and oxygen atoms in total. The summed E-state index contributed by atoms with van der Waals surface area (Å²) >= 11 is 0. The minimum absolute atomic E-state index is 0.209. The molecule has 1 rings (SSSR count). The van der Waals surface area contributed by atoms with Crippen molar-refractivity contribution in [2.45, 2.75) is 33.3 Å². The van der Waals surface area contributed by atoms with Crippen molar-refractivity contribution in [3.8, 4) is 5.75 Å². The molecule has 1 aromatic carbocycles. The molecule has 0 fully saturated rings. The molecule has 0 aliphatic carbocycles. The van der Waals surface area contributed by atoms with Crippen LogP contribution in [0.25, 0.3) is 0 Å². The maximum atomic E-state index is 6.00. The Balaban J connectivity index is 2.63. The number of rotatable bonds is 6. The lowest BCUT2D eigenvalue weighted by molar-refractivity contribution is 0.163. The molecule has 0 spiro atoms. The summed E-state index contributed by atoms with van der Waals surface area (Å²) in [7, 11) is 1.91. The van der Waals surface area contributed by atoms with Gasteiger partial charge in [0.25, 0.3) is 0 Å². The molecule has 1 aromatic rings. The van der Waals surface area contributed by atoms with Crippen molar-refractivity contribution in [1.29, 1.82) is 0 Å². The zero-order chi connectivity index (χ0) is 12.7. The van der Waals surface area contributed by atoms with Crippen molar-refractivity contribution in [2.24, 2.45) is 5.92 Å². The first-order valence-corrected chi connectivity index (χ1v) is 6.23. The third-order valence-electron chi connectivity index (χ3n) is 3.01. The predicted molar refractivity (Wildman–Crippen MR) is 74.7 cm³/mol. The van der Waals surface area contributed by atoms with Gasteiger partial charge in [-0.3, -0.25) is 0 Å². The van der Waals surface area contributed by atoms with Crippen LogP contribution in [-0.4, -0.2) is 13.2 Å². The largest absolute Gasteiger partial charge is 0.488 e. The van der Waals surface area contributed by atoms with Gasteiger partial charge in [0.2, 0.25) is 0 Å². The van der Waals surface area contributed by atoms with Gasteiger partial charge in [-0.1, -0.05) is 31.2 Å². The molecule has 94 valence electrons. The molecule has 0 aliphatic heterocycles. The zero-order valence-corrected chi connectivity index (χ0v) is 11.2. The maximum Gasteiger partial charge on any atom is 0.142 e. The molecule has 0 heterocycles. The smallest absolute Gasteiger partial charge is 0.142 e. The van der Waals surface area contributed by atoms with E-state index in [0.717, 1.165) is 17.9 Å². The van der Waals surface area contributed by atoms with Crippen LogP contribution >= 0.6 is 0 Å². The highest BCUT2D eigenvalue weighted by Gasteiger charge is 2.13. The predicted octanol–water partition coefficient (Wildman–Crippen LogP) is 4.10. The van der Waals surface area contributed by atoms with Gasteiger partial charge in [0, 0.05) is 7.05 Å². The van der Waals surface area contributed by atoms with E-state index in [1.807, 2.05) is 31.3 Å². The van der Waals surface area contributed by atoms with Gasteiger partial charge < -0.3 is 10.1 Å². The minimum atomic E-state index is 0.209. The second-order valence-electron chi connectivity index (χ2n) is 4.35. The van der Waals surface area contributed by atoms with E-state index >= 15 is 0 Å². The van der Waals surface area contributed by atoms with E-state index < -0.39 is 0 Å². The van der Waals surface area contributed by atoms with Gasteiger partial charge in [0.05, 0.1) is 11.8 Å². The Labute approximate surface area is 105 Å².